The Hall–Kier alpha value is -0.740. The van der Waals surface area contributed by atoms with Gasteiger partial charge in [0.1, 0.15) is 5.69 Å². The Bertz CT molecular complexity index is 298. The summed E-state index contributed by atoms with van der Waals surface area (Å²) in [6, 6.07) is 0. The van der Waals surface area contributed by atoms with E-state index < -0.39 is 0 Å². The Morgan fingerprint density at radius 3 is 2.85 bits per heavy atom. The highest BCUT2D eigenvalue weighted by molar-refractivity contribution is 7.07. The quantitative estimate of drug-likeness (QED) is 0.744. The third-order valence-electron chi connectivity index (χ3n) is 2.79. The number of nitrogens with zero attached hydrogens (tertiary/aromatic N) is 1. The van der Waals surface area contributed by atoms with Crippen molar-refractivity contribution in [1.29, 1.82) is 0 Å². The summed E-state index contributed by atoms with van der Waals surface area (Å²) in [5.74, 6) is 0.155. The fraction of sp³-hybridized carbons (Fsp3) is 0.556. The molecule has 0 aliphatic heterocycles. The largest absolute Gasteiger partial charge is 0.308 e. The minimum atomic E-state index is -0.298. The molecule has 1 N–H and O–H groups in total. The average molecular weight is 196 g/mol. The van der Waals surface area contributed by atoms with Crippen molar-refractivity contribution >= 4 is 17.1 Å². The van der Waals surface area contributed by atoms with Crippen molar-refractivity contribution in [2.45, 2.75) is 24.8 Å². The van der Waals surface area contributed by atoms with Gasteiger partial charge in [-0.2, -0.15) is 0 Å². The minimum absolute atomic E-state index is 0.155. The summed E-state index contributed by atoms with van der Waals surface area (Å²) in [5.41, 5.74) is 2.02. The van der Waals surface area contributed by atoms with Gasteiger partial charge in [0, 0.05) is 5.38 Å². The van der Waals surface area contributed by atoms with Crippen LogP contribution in [0.25, 0.3) is 0 Å². The molecule has 2 rings (SSSR count). The highest BCUT2D eigenvalue weighted by atomic mass is 32.1. The lowest BCUT2D eigenvalue weighted by molar-refractivity contribution is 0.0741. The Morgan fingerprint density at radius 2 is 2.46 bits per heavy atom. The molecule has 1 aromatic heterocycles. The first-order valence-corrected chi connectivity index (χ1v) is 5.35. The van der Waals surface area contributed by atoms with Gasteiger partial charge in [0.05, 0.1) is 11.0 Å². The van der Waals surface area contributed by atoms with Crippen molar-refractivity contribution in [3.8, 4) is 0 Å². The molecule has 1 fully saturated rings. The number of ketones is 1. The maximum atomic E-state index is 11.9. The topological polar surface area (TPSA) is 42.0 Å². The van der Waals surface area contributed by atoms with Gasteiger partial charge in [-0.1, -0.05) is 0 Å². The molecule has 4 heteroatoms. The highest BCUT2D eigenvalue weighted by Gasteiger charge is 2.43. The number of carbonyl (C=O) groups excluding carboxylic acids is 1. The van der Waals surface area contributed by atoms with Gasteiger partial charge in [0.2, 0.25) is 5.78 Å². The summed E-state index contributed by atoms with van der Waals surface area (Å²) in [6.07, 6.45) is 3.02. The van der Waals surface area contributed by atoms with Crippen molar-refractivity contribution in [2.75, 3.05) is 7.05 Å². The second kappa shape index (κ2) is 3.20. The Morgan fingerprint density at radius 1 is 1.69 bits per heavy atom. The Labute approximate surface area is 81.2 Å². The van der Waals surface area contributed by atoms with E-state index in [0.717, 1.165) is 19.3 Å². The maximum absolute atomic E-state index is 11.9. The zero-order chi connectivity index (χ0) is 9.31. The minimum Gasteiger partial charge on any atom is -0.308 e. The molecule has 0 unspecified atom stereocenters. The summed E-state index contributed by atoms with van der Waals surface area (Å²) in [7, 11) is 1.85. The van der Waals surface area contributed by atoms with E-state index in [2.05, 4.69) is 10.3 Å². The molecule has 0 atom stereocenters. The van der Waals surface area contributed by atoms with Gasteiger partial charge in [0.15, 0.2) is 0 Å². The molecule has 70 valence electrons. The number of nitrogens with one attached hydrogen (secondary N) is 1. The number of carbonyl (C=O) groups is 1. The van der Waals surface area contributed by atoms with Gasteiger partial charge in [0.25, 0.3) is 0 Å². The Balaban J connectivity index is 2.21. The first kappa shape index (κ1) is 8.84. The fourth-order valence-corrected chi connectivity index (χ4v) is 2.22. The Kier molecular flexibility index (Phi) is 2.17. The molecule has 0 saturated heterocycles. The molecule has 13 heavy (non-hydrogen) atoms. The van der Waals surface area contributed by atoms with E-state index in [1.165, 1.54) is 11.3 Å². The van der Waals surface area contributed by atoms with E-state index in [1.807, 2.05) is 12.4 Å². The van der Waals surface area contributed by atoms with Crippen molar-refractivity contribution in [3.63, 3.8) is 0 Å². The lowest BCUT2D eigenvalue weighted by Crippen LogP contribution is -2.55. The molecule has 3 nitrogen and oxygen atoms in total. The van der Waals surface area contributed by atoms with E-state index >= 15 is 0 Å². The molecule has 0 spiro atoms. The molecule has 0 aromatic carbocycles. The SMILES string of the molecule is CNC1(C(=O)c2cscn2)CCC1. The van der Waals surface area contributed by atoms with Gasteiger partial charge in [-0.05, 0) is 26.3 Å². The van der Waals surface area contributed by atoms with Crippen LogP contribution >= 0.6 is 11.3 Å². The number of likely N-dealkylation sites (N-methyl/N-ethyl adjacent to an activating group) is 1. The van der Waals surface area contributed by atoms with Crippen LogP contribution in [0.3, 0.4) is 0 Å². The average Bonchev–Trinajstić information content (AvgIpc) is 2.54. The van der Waals surface area contributed by atoms with Crippen molar-refractivity contribution < 1.29 is 4.79 Å². The smallest absolute Gasteiger partial charge is 0.201 e. The predicted octanol–water partition coefficient (Wildman–Crippen LogP) is 1.47. The summed E-state index contributed by atoms with van der Waals surface area (Å²) in [6.45, 7) is 0. The van der Waals surface area contributed by atoms with Crippen LogP contribution in [0, 0.1) is 0 Å². The van der Waals surface area contributed by atoms with Crippen molar-refractivity contribution in [2.24, 2.45) is 0 Å². The lowest BCUT2D eigenvalue weighted by atomic mass is 9.73. The zero-order valence-electron chi connectivity index (χ0n) is 7.54. The number of thiazole rings is 1. The number of rotatable bonds is 3. The molecule has 1 aromatic rings. The molecular formula is C9H12N2OS. The first-order valence-electron chi connectivity index (χ1n) is 4.40. The monoisotopic (exact) mass is 196 g/mol. The zero-order valence-corrected chi connectivity index (χ0v) is 8.36. The first-order chi connectivity index (χ1) is 6.28. The number of Topliss-reactive ketones (excluding diaryl/α,β-unsaturated/α-hetero) is 1. The van der Waals surface area contributed by atoms with Crippen LogP contribution in [0.2, 0.25) is 0 Å². The van der Waals surface area contributed by atoms with Gasteiger partial charge >= 0.3 is 0 Å². The summed E-state index contributed by atoms with van der Waals surface area (Å²) in [4.78, 5) is 16.0. The van der Waals surface area contributed by atoms with E-state index in [4.69, 9.17) is 0 Å². The fourth-order valence-electron chi connectivity index (χ4n) is 1.69. The van der Waals surface area contributed by atoms with Crippen LogP contribution in [0.1, 0.15) is 29.8 Å². The van der Waals surface area contributed by atoms with Crippen LogP contribution < -0.4 is 5.32 Å². The van der Waals surface area contributed by atoms with Crippen molar-refractivity contribution in [1.82, 2.24) is 10.3 Å². The molecular weight excluding hydrogens is 184 g/mol. The third-order valence-corrected chi connectivity index (χ3v) is 3.37. The summed E-state index contributed by atoms with van der Waals surface area (Å²) in [5, 5.41) is 4.94. The molecule has 1 aliphatic rings. The second-order valence-electron chi connectivity index (χ2n) is 3.39. The van der Waals surface area contributed by atoms with Gasteiger partial charge in [-0.25, -0.2) is 4.98 Å². The number of aromatic nitrogens is 1. The third kappa shape index (κ3) is 1.30. The standard InChI is InChI=1S/C9H12N2OS/c1-10-9(3-2-4-9)8(12)7-5-13-6-11-7/h5-6,10H,2-4H2,1H3. The molecule has 1 aliphatic carbocycles. The lowest BCUT2D eigenvalue weighted by Gasteiger charge is -2.39. The molecule has 0 radical (unpaired) electrons. The van der Waals surface area contributed by atoms with E-state index in [9.17, 15) is 4.79 Å². The highest BCUT2D eigenvalue weighted by Crippen LogP contribution is 2.34. The molecule has 1 heterocycles. The van der Waals surface area contributed by atoms with E-state index in [0.29, 0.717) is 5.69 Å². The number of hydrogen-bond acceptors (Lipinski definition) is 4. The van der Waals surface area contributed by atoms with E-state index in [1.54, 1.807) is 5.51 Å². The summed E-state index contributed by atoms with van der Waals surface area (Å²) < 4.78 is 0. The molecule has 1 saturated carbocycles. The molecule has 0 amide bonds. The second-order valence-corrected chi connectivity index (χ2v) is 4.11. The number of hydrogen-bond donors (Lipinski definition) is 1. The summed E-state index contributed by atoms with van der Waals surface area (Å²) >= 11 is 1.47. The maximum Gasteiger partial charge on any atom is 0.201 e. The van der Waals surface area contributed by atoms with Gasteiger partial charge < -0.3 is 5.32 Å². The van der Waals surface area contributed by atoms with Crippen LogP contribution in [0.15, 0.2) is 10.9 Å². The van der Waals surface area contributed by atoms with Gasteiger partial charge in [-0.3, -0.25) is 4.79 Å². The van der Waals surface area contributed by atoms with Crippen molar-refractivity contribution in [3.05, 3.63) is 16.6 Å². The van der Waals surface area contributed by atoms with E-state index in [-0.39, 0.29) is 11.3 Å². The van der Waals surface area contributed by atoms with Crippen LogP contribution in [-0.2, 0) is 0 Å². The normalized spacial score (nSPS) is 19.5. The van der Waals surface area contributed by atoms with Crippen LogP contribution in [0.5, 0.6) is 0 Å². The van der Waals surface area contributed by atoms with Crippen LogP contribution in [-0.4, -0.2) is 23.4 Å². The van der Waals surface area contributed by atoms with Gasteiger partial charge in [-0.15, -0.1) is 11.3 Å². The molecule has 0 bridgehead atoms. The predicted molar refractivity (Wildman–Crippen MR) is 52.1 cm³/mol. The van der Waals surface area contributed by atoms with Crippen LogP contribution in [0.4, 0.5) is 0 Å².